The first-order valence-corrected chi connectivity index (χ1v) is 11.0. The van der Waals surface area contributed by atoms with Crippen LogP contribution in [0.3, 0.4) is 0 Å². The second kappa shape index (κ2) is 8.04. The number of halogens is 2. The fourth-order valence-corrected chi connectivity index (χ4v) is 5.73. The van der Waals surface area contributed by atoms with E-state index in [2.05, 4.69) is 0 Å². The van der Waals surface area contributed by atoms with E-state index in [1.54, 1.807) is 7.05 Å². The molecule has 1 aromatic carbocycles. The van der Waals surface area contributed by atoms with E-state index >= 15 is 0 Å². The van der Waals surface area contributed by atoms with Crippen molar-refractivity contribution in [2.24, 2.45) is 5.92 Å². The number of likely N-dealkylation sites (N-methyl/N-ethyl adjacent to an activating group) is 1. The maximum absolute atomic E-state index is 13.9. The van der Waals surface area contributed by atoms with Crippen LogP contribution in [0.15, 0.2) is 23.1 Å². The first-order valence-electron chi connectivity index (χ1n) is 9.55. The summed E-state index contributed by atoms with van der Waals surface area (Å²) >= 11 is 0. The second-order valence-corrected chi connectivity index (χ2v) is 9.79. The summed E-state index contributed by atoms with van der Waals surface area (Å²) < 4.78 is 53.6. The van der Waals surface area contributed by atoms with Crippen LogP contribution in [0.2, 0.25) is 0 Å². The van der Waals surface area contributed by atoms with E-state index in [0.717, 1.165) is 29.3 Å². The van der Waals surface area contributed by atoms with Crippen LogP contribution >= 0.6 is 0 Å². The minimum atomic E-state index is -4.16. The van der Waals surface area contributed by atoms with Gasteiger partial charge in [-0.1, -0.05) is 12.8 Å². The molecule has 0 radical (unpaired) electrons. The quantitative estimate of drug-likeness (QED) is 0.798. The van der Waals surface area contributed by atoms with Crippen molar-refractivity contribution in [1.29, 1.82) is 0 Å². The lowest BCUT2D eigenvalue weighted by Gasteiger charge is -2.34. The highest BCUT2D eigenvalue weighted by Crippen LogP contribution is 2.31. The number of carbonyl (C=O) groups excluding carboxylic acids is 1. The molecule has 0 unspecified atom stereocenters. The number of nitrogens with zero attached hydrogens (tertiary/aromatic N) is 2. The largest absolute Gasteiger partial charge is 0.388 e. The highest BCUT2D eigenvalue weighted by Gasteiger charge is 2.37. The van der Waals surface area contributed by atoms with Crippen molar-refractivity contribution < 1.29 is 27.1 Å². The smallest absolute Gasteiger partial charge is 0.246 e. The number of rotatable bonds is 5. The van der Waals surface area contributed by atoms with Gasteiger partial charge in [0, 0.05) is 32.6 Å². The zero-order valence-corrected chi connectivity index (χ0v) is 16.7. The Morgan fingerprint density at radius 2 is 1.86 bits per heavy atom. The minimum Gasteiger partial charge on any atom is -0.388 e. The monoisotopic (exact) mass is 416 g/mol. The minimum absolute atomic E-state index is 0.0623. The van der Waals surface area contributed by atoms with Gasteiger partial charge in [-0.2, -0.15) is 4.31 Å². The van der Waals surface area contributed by atoms with Gasteiger partial charge in [0.1, 0.15) is 16.5 Å². The number of sulfonamides is 1. The predicted octanol–water partition coefficient (Wildman–Crippen LogP) is 2.13. The normalized spacial score (nSPS) is 21.0. The maximum Gasteiger partial charge on any atom is 0.246 e. The van der Waals surface area contributed by atoms with Gasteiger partial charge in [0.2, 0.25) is 15.9 Å². The molecule has 156 valence electrons. The first-order chi connectivity index (χ1) is 13.1. The average molecular weight is 416 g/mol. The fourth-order valence-electron chi connectivity index (χ4n) is 4.18. The SMILES string of the molecule is CN(CC1(O)CCCC1)C(=O)C1CCN(S(=O)(=O)c2cc(F)ccc2F)CC1. The summed E-state index contributed by atoms with van der Waals surface area (Å²) in [6, 6.07) is 2.34. The number of amides is 1. The third-order valence-electron chi connectivity index (χ3n) is 5.76. The second-order valence-electron chi connectivity index (χ2n) is 7.88. The molecule has 1 aromatic rings. The number of piperidine rings is 1. The molecule has 2 aliphatic rings. The Morgan fingerprint density at radius 1 is 1.25 bits per heavy atom. The van der Waals surface area contributed by atoms with Crippen molar-refractivity contribution in [3.63, 3.8) is 0 Å². The van der Waals surface area contributed by atoms with E-state index in [4.69, 9.17) is 0 Å². The zero-order chi connectivity index (χ0) is 20.5. The summed E-state index contributed by atoms with van der Waals surface area (Å²) in [7, 11) is -2.50. The highest BCUT2D eigenvalue weighted by molar-refractivity contribution is 7.89. The number of aliphatic hydroxyl groups is 1. The Morgan fingerprint density at radius 3 is 2.46 bits per heavy atom. The molecule has 1 saturated carbocycles. The van der Waals surface area contributed by atoms with Gasteiger partial charge in [-0.25, -0.2) is 17.2 Å². The van der Waals surface area contributed by atoms with Crippen LogP contribution in [0.4, 0.5) is 8.78 Å². The van der Waals surface area contributed by atoms with Gasteiger partial charge < -0.3 is 10.0 Å². The Bertz CT molecular complexity index is 832. The molecule has 0 aromatic heterocycles. The lowest BCUT2D eigenvalue weighted by atomic mass is 9.95. The van der Waals surface area contributed by atoms with E-state index in [1.807, 2.05) is 0 Å². The Hall–Kier alpha value is -1.58. The number of hydrogen-bond acceptors (Lipinski definition) is 4. The van der Waals surface area contributed by atoms with Crippen molar-refractivity contribution in [2.75, 3.05) is 26.7 Å². The number of hydrogen-bond donors (Lipinski definition) is 1. The average Bonchev–Trinajstić information content (AvgIpc) is 3.09. The van der Waals surface area contributed by atoms with Gasteiger partial charge in [0.05, 0.1) is 5.60 Å². The molecule has 0 atom stereocenters. The van der Waals surface area contributed by atoms with Gasteiger partial charge in [-0.3, -0.25) is 4.79 Å². The van der Waals surface area contributed by atoms with Gasteiger partial charge in [0.15, 0.2) is 0 Å². The Kier molecular flexibility index (Phi) is 6.07. The van der Waals surface area contributed by atoms with Crippen LogP contribution in [0.25, 0.3) is 0 Å². The molecule has 6 nitrogen and oxygen atoms in total. The lowest BCUT2D eigenvalue weighted by molar-refractivity contribution is -0.138. The number of carbonyl (C=O) groups is 1. The molecule has 0 spiro atoms. The van der Waals surface area contributed by atoms with Gasteiger partial charge in [-0.15, -0.1) is 0 Å². The molecule has 28 heavy (non-hydrogen) atoms. The first kappa shape index (κ1) is 21.1. The van der Waals surface area contributed by atoms with Gasteiger partial charge in [-0.05, 0) is 43.9 Å². The zero-order valence-electron chi connectivity index (χ0n) is 15.9. The summed E-state index contributed by atoms with van der Waals surface area (Å²) in [6.07, 6.45) is 3.87. The third kappa shape index (κ3) is 4.36. The van der Waals surface area contributed by atoms with E-state index in [-0.39, 0.29) is 31.5 Å². The molecular weight excluding hydrogens is 390 g/mol. The summed E-state index contributed by atoms with van der Waals surface area (Å²) in [6.45, 7) is 0.401. The van der Waals surface area contributed by atoms with Crippen LogP contribution < -0.4 is 0 Å². The molecule has 1 heterocycles. The number of benzene rings is 1. The van der Waals surface area contributed by atoms with Crippen molar-refractivity contribution in [2.45, 2.75) is 49.0 Å². The van der Waals surface area contributed by atoms with E-state index in [0.29, 0.717) is 31.7 Å². The topological polar surface area (TPSA) is 77.9 Å². The Labute approximate surface area is 164 Å². The molecule has 1 saturated heterocycles. The molecular formula is C19H26F2N2O4S. The summed E-state index contributed by atoms with van der Waals surface area (Å²) in [5.74, 6) is -2.28. The third-order valence-corrected chi connectivity index (χ3v) is 7.67. The van der Waals surface area contributed by atoms with Crippen LogP contribution in [-0.4, -0.2) is 60.9 Å². The maximum atomic E-state index is 13.9. The van der Waals surface area contributed by atoms with E-state index in [9.17, 15) is 27.1 Å². The molecule has 1 amide bonds. The van der Waals surface area contributed by atoms with Crippen molar-refractivity contribution in [3.05, 3.63) is 29.8 Å². The molecule has 1 N–H and O–H groups in total. The summed E-state index contributed by atoms with van der Waals surface area (Å²) in [5, 5.41) is 10.5. The Balaban J connectivity index is 1.62. The summed E-state index contributed by atoms with van der Waals surface area (Å²) in [4.78, 5) is 13.5. The fraction of sp³-hybridized carbons (Fsp3) is 0.632. The van der Waals surface area contributed by atoms with Gasteiger partial charge in [0.25, 0.3) is 0 Å². The lowest BCUT2D eigenvalue weighted by Crippen LogP contribution is -2.47. The molecule has 3 rings (SSSR count). The predicted molar refractivity (Wildman–Crippen MR) is 98.9 cm³/mol. The molecule has 0 bridgehead atoms. The van der Waals surface area contributed by atoms with Crippen molar-refractivity contribution >= 4 is 15.9 Å². The molecule has 1 aliphatic carbocycles. The van der Waals surface area contributed by atoms with Gasteiger partial charge >= 0.3 is 0 Å². The van der Waals surface area contributed by atoms with Crippen LogP contribution in [0, 0.1) is 17.6 Å². The van der Waals surface area contributed by atoms with Crippen LogP contribution in [0.1, 0.15) is 38.5 Å². The van der Waals surface area contributed by atoms with Crippen LogP contribution in [0.5, 0.6) is 0 Å². The van der Waals surface area contributed by atoms with Crippen LogP contribution in [-0.2, 0) is 14.8 Å². The van der Waals surface area contributed by atoms with Crippen molar-refractivity contribution in [1.82, 2.24) is 9.21 Å². The van der Waals surface area contributed by atoms with E-state index in [1.165, 1.54) is 4.90 Å². The van der Waals surface area contributed by atoms with Crippen molar-refractivity contribution in [3.8, 4) is 0 Å². The standard InChI is InChI=1S/C19H26F2N2O4S/c1-22(13-19(25)8-2-3-9-19)18(24)14-6-10-23(11-7-14)28(26,27)17-12-15(20)4-5-16(17)21/h4-5,12,14,25H,2-3,6-11,13H2,1H3. The molecule has 2 fully saturated rings. The molecule has 9 heteroatoms. The molecule has 1 aliphatic heterocycles. The highest BCUT2D eigenvalue weighted by atomic mass is 32.2. The summed E-state index contributed by atoms with van der Waals surface area (Å²) in [5.41, 5.74) is -0.830. The van der Waals surface area contributed by atoms with E-state index < -0.39 is 32.2 Å².